The fourth-order valence-corrected chi connectivity index (χ4v) is 3.93. The molecule has 1 saturated heterocycles. The zero-order chi connectivity index (χ0) is 18.4. The van der Waals surface area contributed by atoms with Gasteiger partial charge in [0.05, 0.1) is 19.3 Å². The zero-order valence-corrected chi connectivity index (χ0v) is 16.1. The predicted molar refractivity (Wildman–Crippen MR) is 103 cm³/mol. The van der Waals surface area contributed by atoms with Gasteiger partial charge in [-0.2, -0.15) is 0 Å². The topological polar surface area (TPSA) is 59.6 Å². The van der Waals surface area contributed by atoms with Gasteiger partial charge in [0, 0.05) is 6.42 Å². The van der Waals surface area contributed by atoms with Crippen molar-refractivity contribution in [3.05, 3.63) is 23.8 Å². The Hall–Kier alpha value is -1.75. The van der Waals surface area contributed by atoms with Gasteiger partial charge in [0.25, 0.3) is 0 Å². The minimum atomic E-state index is -0.0429. The van der Waals surface area contributed by atoms with Crippen LogP contribution < -0.4 is 20.1 Å². The number of ether oxygens (including phenoxy) is 2. The van der Waals surface area contributed by atoms with Crippen LogP contribution in [0.1, 0.15) is 63.5 Å². The molecule has 1 saturated carbocycles. The molecule has 5 heteroatoms. The van der Waals surface area contributed by atoms with Crippen LogP contribution in [0.2, 0.25) is 0 Å². The van der Waals surface area contributed by atoms with E-state index in [0.717, 1.165) is 49.4 Å². The quantitative estimate of drug-likeness (QED) is 0.744. The third kappa shape index (κ3) is 5.13. The lowest BCUT2D eigenvalue weighted by Gasteiger charge is -2.19. The van der Waals surface area contributed by atoms with E-state index >= 15 is 0 Å². The van der Waals surface area contributed by atoms with E-state index in [1.165, 1.54) is 19.3 Å². The lowest BCUT2D eigenvalue weighted by molar-refractivity contribution is -0.122. The number of amides is 1. The first-order valence-electron chi connectivity index (χ1n) is 10.0. The van der Waals surface area contributed by atoms with Gasteiger partial charge in [0.1, 0.15) is 0 Å². The molecule has 2 fully saturated rings. The average Bonchev–Trinajstić information content (AvgIpc) is 3.34. The monoisotopic (exact) mass is 360 g/mol. The van der Waals surface area contributed by atoms with E-state index < -0.39 is 0 Å². The summed E-state index contributed by atoms with van der Waals surface area (Å²) in [6.07, 6.45) is 7.76. The molecule has 3 rings (SSSR count). The number of methoxy groups -OCH3 is 1. The van der Waals surface area contributed by atoms with Crippen LogP contribution in [0.25, 0.3) is 0 Å². The van der Waals surface area contributed by atoms with Crippen molar-refractivity contribution < 1.29 is 14.3 Å². The van der Waals surface area contributed by atoms with Gasteiger partial charge in [-0.3, -0.25) is 4.79 Å². The van der Waals surface area contributed by atoms with Gasteiger partial charge in [-0.15, -0.1) is 0 Å². The Morgan fingerprint density at radius 1 is 1.27 bits per heavy atom. The summed E-state index contributed by atoms with van der Waals surface area (Å²) in [5, 5.41) is 6.46. The minimum absolute atomic E-state index is 0.0429. The van der Waals surface area contributed by atoms with Crippen molar-refractivity contribution in [3.63, 3.8) is 0 Å². The molecule has 0 spiro atoms. The molecule has 26 heavy (non-hydrogen) atoms. The van der Waals surface area contributed by atoms with Crippen molar-refractivity contribution >= 4 is 5.91 Å². The molecule has 1 aliphatic heterocycles. The number of benzene rings is 1. The van der Waals surface area contributed by atoms with E-state index in [-0.39, 0.29) is 11.9 Å². The number of nitrogens with one attached hydrogen (secondary N) is 2. The van der Waals surface area contributed by atoms with Crippen LogP contribution in [0, 0.1) is 5.92 Å². The molecule has 0 bridgehead atoms. The van der Waals surface area contributed by atoms with Crippen LogP contribution >= 0.6 is 0 Å². The number of hydrogen-bond acceptors (Lipinski definition) is 4. The molecule has 5 nitrogen and oxygen atoms in total. The summed E-state index contributed by atoms with van der Waals surface area (Å²) in [6, 6.07) is 5.94. The van der Waals surface area contributed by atoms with Crippen LogP contribution in [-0.4, -0.2) is 32.2 Å². The van der Waals surface area contributed by atoms with Gasteiger partial charge in [0.15, 0.2) is 11.5 Å². The SMILES string of the molecule is COc1cc(C(C)NC(=O)CCC2CCNC2)ccc1OC1CCCC1. The Bertz CT molecular complexity index is 593. The molecule has 1 heterocycles. The van der Waals surface area contributed by atoms with Gasteiger partial charge in [-0.25, -0.2) is 0 Å². The Labute approximate surface area is 156 Å². The second kappa shape index (κ2) is 9.26. The van der Waals surface area contributed by atoms with Crippen LogP contribution in [0.3, 0.4) is 0 Å². The second-order valence-corrected chi connectivity index (χ2v) is 7.62. The third-order valence-corrected chi connectivity index (χ3v) is 5.60. The number of carbonyl (C=O) groups excluding carboxylic acids is 1. The van der Waals surface area contributed by atoms with Gasteiger partial charge >= 0.3 is 0 Å². The van der Waals surface area contributed by atoms with Crippen molar-refractivity contribution in [1.82, 2.24) is 10.6 Å². The molecule has 2 N–H and O–H groups in total. The van der Waals surface area contributed by atoms with E-state index in [1.54, 1.807) is 7.11 Å². The van der Waals surface area contributed by atoms with Gasteiger partial charge in [-0.1, -0.05) is 6.07 Å². The molecule has 1 aromatic rings. The molecule has 144 valence electrons. The first-order chi connectivity index (χ1) is 12.7. The smallest absolute Gasteiger partial charge is 0.220 e. The molecular formula is C21H32N2O3. The fraction of sp³-hybridized carbons (Fsp3) is 0.667. The summed E-state index contributed by atoms with van der Waals surface area (Å²) in [4.78, 5) is 12.2. The molecule has 2 atom stereocenters. The molecule has 0 aromatic heterocycles. The molecule has 1 aromatic carbocycles. The molecular weight excluding hydrogens is 328 g/mol. The Morgan fingerprint density at radius 3 is 2.77 bits per heavy atom. The van der Waals surface area contributed by atoms with Crippen LogP contribution in [0.15, 0.2) is 18.2 Å². The highest BCUT2D eigenvalue weighted by molar-refractivity contribution is 5.76. The number of hydrogen-bond donors (Lipinski definition) is 2. The Morgan fingerprint density at radius 2 is 2.08 bits per heavy atom. The molecule has 2 aliphatic rings. The van der Waals surface area contributed by atoms with Gasteiger partial charge in [-0.05, 0) is 82.2 Å². The summed E-state index contributed by atoms with van der Waals surface area (Å²) in [5.74, 6) is 2.31. The molecule has 1 amide bonds. The van der Waals surface area contributed by atoms with Crippen molar-refractivity contribution in [2.75, 3.05) is 20.2 Å². The summed E-state index contributed by atoms with van der Waals surface area (Å²) in [6.45, 7) is 4.14. The summed E-state index contributed by atoms with van der Waals surface area (Å²) < 4.78 is 11.6. The van der Waals surface area contributed by atoms with Gasteiger partial charge < -0.3 is 20.1 Å². The van der Waals surface area contributed by atoms with E-state index in [1.807, 2.05) is 25.1 Å². The largest absolute Gasteiger partial charge is 0.493 e. The first-order valence-corrected chi connectivity index (χ1v) is 10.0. The number of carbonyl (C=O) groups is 1. The highest BCUT2D eigenvalue weighted by atomic mass is 16.5. The van der Waals surface area contributed by atoms with E-state index in [4.69, 9.17) is 9.47 Å². The molecule has 1 aliphatic carbocycles. The molecule has 2 unspecified atom stereocenters. The van der Waals surface area contributed by atoms with E-state index in [0.29, 0.717) is 18.4 Å². The first kappa shape index (κ1) is 19.0. The van der Waals surface area contributed by atoms with Crippen LogP contribution in [0.5, 0.6) is 11.5 Å². The summed E-state index contributed by atoms with van der Waals surface area (Å²) >= 11 is 0. The van der Waals surface area contributed by atoms with Crippen LogP contribution in [0.4, 0.5) is 0 Å². The average molecular weight is 360 g/mol. The van der Waals surface area contributed by atoms with Crippen molar-refractivity contribution in [1.29, 1.82) is 0 Å². The predicted octanol–water partition coefficient (Wildman–Crippen LogP) is 3.58. The minimum Gasteiger partial charge on any atom is -0.493 e. The summed E-state index contributed by atoms with van der Waals surface area (Å²) in [7, 11) is 1.67. The van der Waals surface area contributed by atoms with E-state index in [9.17, 15) is 4.79 Å². The number of rotatable bonds is 8. The summed E-state index contributed by atoms with van der Waals surface area (Å²) in [5.41, 5.74) is 1.04. The van der Waals surface area contributed by atoms with Crippen molar-refractivity contribution in [2.45, 2.75) is 64.0 Å². The fourth-order valence-electron chi connectivity index (χ4n) is 3.93. The standard InChI is InChI=1S/C21H32N2O3/c1-15(23-21(24)10-7-16-11-12-22-14-16)17-8-9-19(20(13-17)25-2)26-18-5-3-4-6-18/h8-9,13,15-16,18,22H,3-7,10-12,14H2,1-2H3,(H,23,24). The highest BCUT2D eigenvalue weighted by Gasteiger charge is 2.20. The Balaban J connectivity index is 1.54. The van der Waals surface area contributed by atoms with Crippen LogP contribution in [-0.2, 0) is 4.79 Å². The lowest BCUT2D eigenvalue weighted by atomic mass is 10.0. The third-order valence-electron chi connectivity index (χ3n) is 5.60. The highest BCUT2D eigenvalue weighted by Crippen LogP contribution is 2.33. The lowest BCUT2D eigenvalue weighted by Crippen LogP contribution is -2.27. The Kier molecular flexibility index (Phi) is 6.78. The maximum atomic E-state index is 12.2. The zero-order valence-electron chi connectivity index (χ0n) is 16.1. The van der Waals surface area contributed by atoms with E-state index in [2.05, 4.69) is 10.6 Å². The maximum Gasteiger partial charge on any atom is 0.220 e. The molecule has 0 radical (unpaired) electrons. The second-order valence-electron chi connectivity index (χ2n) is 7.62. The van der Waals surface area contributed by atoms with Gasteiger partial charge in [0.2, 0.25) is 5.91 Å². The van der Waals surface area contributed by atoms with Crippen molar-refractivity contribution in [3.8, 4) is 11.5 Å². The normalized spacial score (nSPS) is 21.5. The van der Waals surface area contributed by atoms with Crippen molar-refractivity contribution in [2.24, 2.45) is 5.92 Å². The maximum absolute atomic E-state index is 12.2.